The summed E-state index contributed by atoms with van der Waals surface area (Å²) in [5, 5.41) is 0. The van der Waals surface area contributed by atoms with Gasteiger partial charge < -0.3 is 38.5 Å². The molecule has 0 saturated carbocycles. The van der Waals surface area contributed by atoms with Gasteiger partial charge in [0.05, 0.1) is 0 Å². The molecular formula is Na2O8P2-4. The van der Waals surface area contributed by atoms with E-state index in [0.717, 1.165) is 0 Å². The smallest absolute Gasteiger partial charge is 0.822 e. The van der Waals surface area contributed by atoms with Crippen LogP contribution in [0, 0.1) is 0 Å². The number of rotatable bonds is 0. The molecule has 0 aliphatic heterocycles. The molecule has 0 atom stereocenters. The van der Waals surface area contributed by atoms with E-state index in [9.17, 15) is 0 Å². The van der Waals surface area contributed by atoms with E-state index in [1.807, 2.05) is 0 Å². The second-order valence-electron chi connectivity index (χ2n) is 0.894. The van der Waals surface area contributed by atoms with Crippen LogP contribution in [-0.4, -0.2) is 0 Å². The molecule has 0 bridgehead atoms. The Balaban J connectivity index is -0.0000000457. The zero-order valence-corrected chi connectivity index (χ0v) is 11.9. The Morgan fingerprint density at radius 3 is 0.583 bits per heavy atom. The van der Waals surface area contributed by atoms with Gasteiger partial charge in [-0.2, -0.15) is 15.6 Å². The van der Waals surface area contributed by atoms with Gasteiger partial charge in [0.25, 0.3) is 0 Å². The zero-order chi connectivity index (χ0) is 9.00. The molecule has 0 amide bonds. The molecule has 64 valence electrons. The molecule has 0 fully saturated rings. The van der Waals surface area contributed by atoms with Crippen molar-refractivity contribution in [3.05, 3.63) is 0 Å². The van der Waals surface area contributed by atoms with Crippen molar-refractivity contribution in [2.45, 2.75) is 0 Å². The van der Waals surface area contributed by atoms with Crippen molar-refractivity contribution in [2.75, 3.05) is 0 Å². The Hall–Kier alpha value is 2.22. The van der Waals surface area contributed by atoms with Crippen LogP contribution >= 0.6 is 15.6 Å². The van der Waals surface area contributed by atoms with Gasteiger partial charge in [0.1, 0.15) is 0 Å². The van der Waals surface area contributed by atoms with Crippen LogP contribution in [-0.2, 0) is 9.13 Å². The summed E-state index contributed by atoms with van der Waals surface area (Å²) >= 11 is 0. The summed E-state index contributed by atoms with van der Waals surface area (Å²) < 4.78 is 17.1. The molecule has 8 nitrogen and oxygen atoms in total. The SMILES string of the molecule is O=P([O-])([O-])[O-].O=P([O-])([O-])[O-].[Na+].[Na+]. The third-order valence-electron chi connectivity index (χ3n) is 0. The fourth-order valence-corrected chi connectivity index (χ4v) is 0. The molecule has 0 saturated heterocycles. The first-order valence-corrected chi connectivity index (χ1v) is 4.38. The molecule has 0 aliphatic rings. The summed E-state index contributed by atoms with van der Waals surface area (Å²) in [7, 11) is -10.8. The number of phosphoric acid groups is 2. The average molecular weight is 236 g/mol. The van der Waals surface area contributed by atoms with E-state index in [1.165, 1.54) is 0 Å². The molecule has 0 aromatic carbocycles. The van der Waals surface area contributed by atoms with Gasteiger partial charge >= 0.3 is 59.1 Å². The van der Waals surface area contributed by atoms with Crippen LogP contribution in [0.4, 0.5) is 0 Å². The summed E-state index contributed by atoms with van der Waals surface area (Å²) in [5.41, 5.74) is 0. The Morgan fingerprint density at radius 1 is 0.583 bits per heavy atom. The van der Waals surface area contributed by atoms with Crippen LogP contribution < -0.4 is 88.5 Å². The van der Waals surface area contributed by atoms with Gasteiger partial charge in [0.15, 0.2) is 0 Å². The molecule has 0 rings (SSSR count). The van der Waals surface area contributed by atoms with Crippen molar-refractivity contribution >= 4 is 15.6 Å². The Kier molecular flexibility index (Phi) is 19.4. The van der Waals surface area contributed by atoms with Gasteiger partial charge in [-0.1, -0.05) is 0 Å². The second-order valence-corrected chi connectivity index (χ2v) is 2.68. The molecule has 0 radical (unpaired) electrons. The molecule has 0 N–H and O–H groups in total. The largest absolute Gasteiger partial charge is 1.00 e. The molecule has 12 heteroatoms. The number of hydrogen-bond acceptors (Lipinski definition) is 8. The van der Waals surface area contributed by atoms with Gasteiger partial charge in [0.2, 0.25) is 0 Å². The maximum Gasteiger partial charge on any atom is 1.00 e. The number of hydrogen-bond donors (Lipinski definition) is 0. The molecular weight excluding hydrogens is 236 g/mol. The minimum atomic E-state index is -5.39. The third-order valence-corrected chi connectivity index (χ3v) is 0. The van der Waals surface area contributed by atoms with E-state index in [-0.39, 0.29) is 59.1 Å². The van der Waals surface area contributed by atoms with Gasteiger partial charge in [-0.05, 0) is 0 Å². The molecule has 12 heavy (non-hydrogen) atoms. The fraction of sp³-hybridized carbons (Fsp3) is 0. The maximum absolute atomic E-state index is 8.55. The molecule has 0 heterocycles. The average Bonchev–Trinajstić information content (AvgIpc) is 1.12. The predicted octanol–water partition coefficient (Wildman–Crippen LogP) is -11.6. The van der Waals surface area contributed by atoms with Gasteiger partial charge in [-0.25, -0.2) is 0 Å². The van der Waals surface area contributed by atoms with Crippen LogP contribution in [0.25, 0.3) is 0 Å². The van der Waals surface area contributed by atoms with E-state index in [1.54, 1.807) is 0 Å². The van der Waals surface area contributed by atoms with Crippen molar-refractivity contribution in [1.82, 2.24) is 0 Å². The molecule has 0 aromatic heterocycles. The van der Waals surface area contributed by atoms with Crippen LogP contribution in [0.2, 0.25) is 0 Å². The van der Waals surface area contributed by atoms with Crippen LogP contribution in [0.5, 0.6) is 0 Å². The van der Waals surface area contributed by atoms with E-state index in [4.69, 9.17) is 38.5 Å². The maximum atomic E-state index is 8.55. The topological polar surface area (TPSA) is 172 Å². The molecule has 0 aliphatic carbocycles. The first kappa shape index (κ1) is 23.8. The van der Waals surface area contributed by atoms with Crippen molar-refractivity contribution in [3.63, 3.8) is 0 Å². The second kappa shape index (κ2) is 9.76. The van der Waals surface area contributed by atoms with Gasteiger partial charge in [-0.3, -0.25) is 0 Å². The van der Waals surface area contributed by atoms with Crippen molar-refractivity contribution < 1.29 is 97.6 Å². The standard InChI is InChI=1S/2Na.2H3O4P/c;;2*1-5(2,3)4/h;;2*(H3,1,2,3,4)/q2*+1;;/p-6. The monoisotopic (exact) mass is 236 g/mol. The van der Waals surface area contributed by atoms with Crippen LogP contribution in [0.15, 0.2) is 0 Å². The normalized spacial score (nSPS) is 9.83. The summed E-state index contributed by atoms with van der Waals surface area (Å²) in [6.07, 6.45) is 0. The minimum absolute atomic E-state index is 0. The van der Waals surface area contributed by atoms with E-state index < -0.39 is 15.6 Å². The summed E-state index contributed by atoms with van der Waals surface area (Å²) in [6.45, 7) is 0. The molecule has 0 unspecified atom stereocenters. The Morgan fingerprint density at radius 2 is 0.583 bits per heavy atom. The third kappa shape index (κ3) is 312. The van der Waals surface area contributed by atoms with E-state index >= 15 is 0 Å². The van der Waals surface area contributed by atoms with Crippen molar-refractivity contribution in [1.29, 1.82) is 0 Å². The zero-order valence-electron chi connectivity index (χ0n) is 6.16. The Bertz CT molecular complexity index is 127. The van der Waals surface area contributed by atoms with Crippen LogP contribution in [0.3, 0.4) is 0 Å². The molecule has 0 aromatic rings. The minimum Gasteiger partial charge on any atom is -0.822 e. The fourth-order valence-electron chi connectivity index (χ4n) is 0. The van der Waals surface area contributed by atoms with Gasteiger partial charge in [0, 0.05) is 0 Å². The van der Waals surface area contributed by atoms with E-state index in [0.29, 0.717) is 0 Å². The quantitative estimate of drug-likeness (QED) is 0.294. The van der Waals surface area contributed by atoms with Crippen molar-refractivity contribution in [2.24, 2.45) is 0 Å². The summed E-state index contributed by atoms with van der Waals surface area (Å²) in [6, 6.07) is 0. The predicted molar refractivity (Wildman–Crippen MR) is 15.2 cm³/mol. The van der Waals surface area contributed by atoms with Crippen LogP contribution in [0.1, 0.15) is 0 Å². The molecule has 0 spiro atoms. The first-order chi connectivity index (χ1) is 4.00. The summed E-state index contributed by atoms with van der Waals surface area (Å²) in [5.74, 6) is 0. The van der Waals surface area contributed by atoms with Crippen molar-refractivity contribution in [3.8, 4) is 0 Å². The first-order valence-electron chi connectivity index (χ1n) is 1.46. The van der Waals surface area contributed by atoms with Gasteiger partial charge in [-0.15, -0.1) is 0 Å². The summed E-state index contributed by atoms with van der Waals surface area (Å²) in [4.78, 5) is 51.3. The Labute approximate surface area is 112 Å². The van der Waals surface area contributed by atoms with E-state index in [2.05, 4.69) is 0 Å².